The Labute approximate surface area is 143 Å². The zero-order chi connectivity index (χ0) is 17.1. The fourth-order valence-electron chi connectivity index (χ4n) is 2.73. The number of carbonyl (C=O) groups excluding carboxylic acids is 2. The van der Waals surface area contributed by atoms with Crippen molar-refractivity contribution in [3.05, 3.63) is 28.9 Å². The third-order valence-corrected chi connectivity index (χ3v) is 4.21. The number of benzene rings is 1. The average Bonchev–Trinajstić information content (AvgIpc) is 2.95. The molecule has 7 nitrogen and oxygen atoms in total. The van der Waals surface area contributed by atoms with Crippen LogP contribution in [0.3, 0.4) is 0 Å². The number of carbonyl (C=O) groups is 2. The van der Waals surface area contributed by atoms with Crippen LogP contribution < -0.4 is 5.32 Å². The maximum absolute atomic E-state index is 12.4. The van der Waals surface area contributed by atoms with Crippen LogP contribution in [0.15, 0.2) is 18.2 Å². The molecule has 1 saturated heterocycles. The van der Waals surface area contributed by atoms with E-state index >= 15 is 0 Å². The summed E-state index contributed by atoms with van der Waals surface area (Å²) >= 11 is 6.25. The molecule has 0 aliphatic carbocycles. The van der Waals surface area contributed by atoms with E-state index in [4.69, 9.17) is 21.1 Å². The van der Waals surface area contributed by atoms with Gasteiger partial charge >= 0.3 is 5.97 Å². The molecule has 0 bridgehead atoms. The van der Waals surface area contributed by atoms with E-state index in [-0.39, 0.29) is 18.1 Å². The van der Waals surface area contributed by atoms with Crippen molar-refractivity contribution in [2.24, 2.45) is 0 Å². The molecule has 1 fully saturated rings. The van der Waals surface area contributed by atoms with Gasteiger partial charge < -0.3 is 19.8 Å². The predicted molar refractivity (Wildman–Crippen MR) is 90.5 cm³/mol. The van der Waals surface area contributed by atoms with E-state index in [1.807, 2.05) is 4.90 Å². The first kappa shape index (κ1) is 16.8. The SMILES string of the molecule is COC(=O)c1[nH]c2cccc(Cl)c2c1NC(=O)CN1CCOCC1. The van der Waals surface area contributed by atoms with Gasteiger partial charge in [-0.25, -0.2) is 4.79 Å². The fourth-order valence-corrected chi connectivity index (χ4v) is 3.00. The number of H-pyrrole nitrogens is 1. The molecule has 128 valence electrons. The molecule has 0 unspecified atom stereocenters. The number of morpholine rings is 1. The molecule has 1 aromatic heterocycles. The molecule has 2 aromatic rings. The van der Waals surface area contributed by atoms with Crippen LogP contribution in [0.25, 0.3) is 10.9 Å². The lowest BCUT2D eigenvalue weighted by atomic mass is 10.2. The molecule has 2 N–H and O–H groups in total. The number of fused-ring (bicyclic) bond motifs is 1. The summed E-state index contributed by atoms with van der Waals surface area (Å²) in [5, 5.41) is 3.84. The number of aromatic nitrogens is 1. The summed E-state index contributed by atoms with van der Waals surface area (Å²) < 4.78 is 10.1. The van der Waals surface area contributed by atoms with E-state index in [0.717, 1.165) is 0 Å². The average molecular weight is 352 g/mol. The Morgan fingerprint density at radius 2 is 2.12 bits per heavy atom. The van der Waals surface area contributed by atoms with Crippen LogP contribution in [0, 0.1) is 0 Å². The lowest BCUT2D eigenvalue weighted by Crippen LogP contribution is -2.41. The molecular weight excluding hydrogens is 334 g/mol. The van der Waals surface area contributed by atoms with Crippen molar-refractivity contribution in [1.29, 1.82) is 0 Å². The molecular formula is C16H18ClN3O4. The normalized spacial score (nSPS) is 15.4. The number of ether oxygens (including phenoxy) is 2. The molecule has 8 heteroatoms. The van der Waals surface area contributed by atoms with E-state index in [2.05, 4.69) is 10.3 Å². The summed E-state index contributed by atoms with van der Waals surface area (Å²) in [6.45, 7) is 2.85. The van der Waals surface area contributed by atoms with Crippen LogP contribution in [-0.2, 0) is 14.3 Å². The number of nitrogens with zero attached hydrogens (tertiary/aromatic N) is 1. The summed E-state index contributed by atoms with van der Waals surface area (Å²) in [5.74, 6) is -0.785. The van der Waals surface area contributed by atoms with Crippen LogP contribution in [0.2, 0.25) is 5.02 Å². The minimum atomic E-state index is -0.566. The summed E-state index contributed by atoms with van der Waals surface area (Å²) in [5.41, 5.74) is 1.18. The van der Waals surface area contributed by atoms with Gasteiger partial charge in [0.05, 0.1) is 37.6 Å². The minimum absolute atomic E-state index is 0.177. The summed E-state index contributed by atoms with van der Waals surface area (Å²) in [6.07, 6.45) is 0. The van der Waals surface area contributed by atoms with E-state index in [9.17, 15) is 9.59 Å². The highest BCUT2D eigenvalue weighted by atomic mass is 35.5. The van der Waals surface area contributed by atoms with E-state index in [0.29, 0.717) is 47.9 Å². The number of rotatable bonds is 4. The molecule has 1 aliphatic rings. The Balaban J connectivity index is 1.89. The van der Waals surface area contributed by atoms with Crippen molar-refractivity contribution in [3.63, 3.8) is 0 Å². The number of hydrogen-bond acceptors (Lipinski definition) is 5. The van der Waals surface area contributed by atoms with Gasteiger partial charge in [-0.3, -0.25) is 9.69 Å². The van der Waals surface area contributed by atoms with Crippen LogP contribution >= 0.6 is 11.6 Å². The molecule has 1 amide bonds. The highest BCUT2D eigenvalue weighted by molar-refractivity contribution is 6.37. The number of anilines is 1. The predicted octanol–water partition coefficient (Wildman–Crippen LogP) is 1.88. The van der Waals surface area contributed by atoms with Crippen LogP contribution in [0.4, 0.5) is 5.69 Å². The first-order chi connectivity index (χ1) is 11.6. The highest BCUT2D eigenvalue weighted by Crippen LogP contribution is 2.34. The zero-order valence-electron chi connectivity index (χ0n) is 13.2. The van der Waals surface area contributed by atoms with Gasteiger partial charge in [-0.2, -0.15) is 0 Å². The lowest BCUT2D eigenvalue weighted by Gasteiger charge is -2.25. The topological polar surface area (TPSA) is 83.7 Å². The molecule has 3 rings (SSSR count). The highest BCUT2D eigenvalue weighted by Gasteiger charge is 2.23. The van der Waals surface area contributed by atoms with Crippen LogP contribution in [-0.4, -0.2) is 61.7 Å². The van der Waals surface area contributed by atoms with E-state index in [1.54, 1.807) is 18.2 Å². The standard InChI is InChI=1S/C16H18ClN3O4/c1-23-16(22)15-14(13-10(17)3-2-4-11(13)18-15)19-12(21)9-20-5-7-24-8-6-20/h2-4,18H,5-9H2,1H3,(H,19,21). The van der Waals surface area contributed by atoms with Crippen molar-refractivity contribution in [1.82, 2.24) is 9.88 Å². The zero-order valence-corrected chi connectivity index (χ0v) is 14.0. The van der Waals surface area contributed by atoms with Crippen molar-refractivity contribution >= 4 is 40.1 Å². The van der Waals surface area contributed by atoms with Gasteiger partial charge in [-0.1, -0.05) is 17.7 Å². The number of hydrogen-bond donors (Lipinski definition) is 2. The van der Waals surface area contributed by atoms with Crippen LogP contribution in [0.5, 0.6) is 0 Å². The van der Waals surface area contributed by atoms with Crippen molar-refractivity contribution in [3.8, 4) is 0 Å². The molecule has 1 aromatic carbocycles. The fraction of sp³-hybridized carbons (Fsp3) is 0.375. The first-order valence-corrected chi connectivity index (χ1v) is 7.96. The van der Waals surface area contributed by atoms with Gasteiger partial charge in [-0.05, 0) is 12.1 Å². The van der Waals surface area contributed by atoms with Gasteiger partial charge in [0.1, 0.15) is 5.69 Å². The van der Waals surface area contributed by atoms with Gasteiger partial charge in [0, 0.05) is 24.0 Å². The smallest absolute Gasteiger partial charge is 0.356 e. The van der Waals surface area contributed by atoms with Gasteiger partial charge in [0.25, 0.3) is 0 Å². The lowest BCUT2D eigenvalue weighted by molar-refractivity contribution is -0.118. The molecule has 1 aliphatic heterocycles. The quantitative estimate of drug-likeness (QED) is 0.822. The number of aromatic amines is 1. The Hall–Kier alpha value is -2.09. The summed E-state index contributed by atoms with van der Waals surface area (Å²) in [6, 6.07) is 5.25. The van der Waals surface area contributed by atoms with Crippen molar-refractivity contribution < 1.29 is 19.1 Å². The number of amides is 1. The van der Waals surface area contributed by atoms with Crippen molar-refractivity contribution in [2.75, 3.05) is 45.3 Å². The van der Waals surface area contributed by atoms with Gasteiger partial charge in [-0.15, -0.1) is 0 Å². The maximum atomic E-state index is 12.4. The first-order valence-electron chi connectivity index (χ1n) is 7.58. The Morgan fingerprint density at radius 1 is 1.38 bits per heavy atom. The summed E-state index contributed by atoms with van der Waals surface area (Å²) in [7, 11) is 1.29. The second kappa shape index (κ2) is 7.21. The molecule has 0 radical (unpaired) electrons. The molecule has 2 heterocycles. The monoisotopic (exact) mass is 351 g/mol. The van der Waals surface area contributed by atoms with Crippen LogP contribution in [0.1, 0.15) is 10.5 Å². The number of halogens is 1. The van der Waals surface area contributed by atoms with E-state index in [1.165, 1.54) is 7.11 Å². The largest absolute Gasteiger partial charge is 0.464 e. The van der Waals surface area contributed by atoms with E-state index < -0.39 is 5.97 Å². The Kier molecular flexibility index (Phi) is 5.03. The number of esters is 1. The second-order valence-electron chi connectivity index (χ2n) is 5.47. The number of nitrogens with one attached hydrogen (secondary N) is 2. The third-order valence-electron chi connectivity index (χ3n) is 3.90. The second-order valence-corrected chi connectivity index (χ2v) is 5.87. The molecule has 0 saturated carbocycles. The number of methoxy groups -OCH3 is 1. The molecule has 0 atom stereocenters. The molecule has 0 spiro atoms. The third kappa shape index (κ3) is 3.38. The van der Waals surface area contributed by atoms with Gasteiger partial charge in [0.2, 0.25) is 5.91 Å². The van der Waals surface area contributed by atoms with Crippen molar-refractivity contribution in [2.45, 2.75) is 0 Å². The summed E-state index contributed by atoms with van der Waals surface area (Å²) in [4.78, 5) is 29.4. The Bertz CT molecular complexity index is 768. The molecule has 24 heavy (non-hydrogen) atoms. The van der Waals surface area contributed by atoms with Gasteiger partial charge in [0.15, 0.2) is 0 Å². The minimum Gasteiger partial charge on any atom is -0.464 e. The maximum Gasteiger partial charge on any atom is 0.356 e. The Morgan fingerprint density at radius 3 is 2.83 bits per heavy atom.